The number of benzene rings is 1. The van der Waals surface area contributed by atoms with Crippen LogP contribution < -0.4 is 0 Å². The molecule has 0 spiro atoms. The first-order valence-corrected chi connectivity index (χ1v) is 4.65. The van der Waals surface area contributed by atoms with E-state index in [1.54, 1.807) is 0 Å². The molecule has 0 amide bonds. The van der Waals surface area contributed by atoms with Gasteiger partial charge >= 0.3 is 0 Å². The zero-order chi connectivity index (χ0) is 9.42. The number of fused-ring (bicyclic) bond motifs is 1. The van der Waals surface area contributed by atoms with E-state index in [2.05, 4.69) is 50.2 Å². The summed E-state index contributed by atoms with van der Waals surface area (Å²) in [4.78, 5) is 2.19. The SMILES string of the molecule is Cc1cccc2c1CC(N(C)C)=C2. The highest BCUT2D eigenvalue weighted by Gasteiger charge is 2.14. The van der Waals surface area contributed by atoms with Crippen molar-refractivity contribution in [1.29, 1.82) is 0 Å². The third-order valence-corrected chi connectivity index (χ3v) is 2.70. The van der Waals surface area contributed by atoms with Gasteiger partial charge in [0.15, 0.2) is 0 Å². The number of allylic oxidation sites excluding steroid dienone is 1. The molecule has 0 radical (unpaired) electrons. The Morgan fingerprint density at radius 1 is 1.23 bits per heavy atom. The van der Waals surface area contributed by atoms with Gasteiger partial charge in [0.1, 0.15) is 0 Å². The number of hydrogen-bond acceptors (Lipinski definition) is 1. The molecule has 0 aromatic heterocycles. The van der Waals surface area contributed by atoms with Crippen LogP contribution in [0.1, 0.15) is 16.7 Å². The van der Waals surface area contributed by atoms with E-state index in [1.165, 1.54) is 22.4 Å². The normalized spacial score (nSPS) is 13.9. The van der Waals surface area contributed by atoms with Crippen molar-refractivity contribution in [3.05, 3.63) is 40.6 Å². The molecule has 1 aliphatic carbocycles. The highest BCUT2D eigenvalue weighted by Crippen LogP contribution is 2.28. The quantitative estimate of drug-likeness (QED) is 0.630. The van der Waals surface area contributed by atoms with E-state index in [0.29, 0.717) is 0 Å². The van der Waals surface area contributed by atoms with Crippen LogP contribution in [0.4, 0.5) is 0 Å². The summed E-state index contributed by atoms with van der Waals surface area (Å²) in [5.41, 5.74) is 5.70. The second kappa shape index (κ2) is 2.91. The number of hydrogen-bond donors (Lipinski definition) is 0. The number of rotatable bonds is 1. The summed E-state index contributed by atoms with van der Waals surface area (Å²) in [5, 5.41) is 0. The summed E-state index contributed by atoms with van der Waals surface area (Å²) < 4.78 is 0. The third-order valence-electron chi connectivity index (χ3n) is 2.70. The Balaban J connectivity index is 2.41. The van der Waals surface area contributed by atoms with Crippen LogP contribution in [0.5, 0.6) is 0 Å². The lowest BCUT2D eigenvalue weighted by molar-refractivity contribution is 0.507. The molecule has 0 heterocycles. The zero-order valence-corrected chi connectivity index (χ0v) is 8.46. The van der Waals surface area contributed by atoms with Gasteiger partial charge in [0.25, 0.3) is 0 Å². The molecule has 1 aromatic rings. The van der Waals surface area contributed by atoms with Crippen LogP contribution in [0, 0.1) is 6.92 Å². The van der Waals surface area contributed by atoms with Crippen molar-refractivity contribution in [2.24, 2.45) is 0 Å². The maximum atomic E-state index is 2.28. The Morgan fingerprint density at radius 3 is 2.62 bits per heavy atom. The van der Waals surface area contributed by atoms with Crippen molar-refractivity contribution >= 4 is 6.08 Å². The first-order valence-electron chi connectivity index (χ1n) is 4.65. The minimum absolute atomic E-state index is 1.09. The molecule has 1 heteroatoms. The molecule has 0 saturated heterocycles. The summed E-state index contributed by atoms with van der Waals surface area (Å²) in [6.07, 6.45) is 3.37. The van der Waals surface area contributed by atoms with E-state index in [4.69, 9.17) is 0 Å². The van der Waals surface area contributed by atoms with Crippen LogP contribution >= 0.6 is 0 Å². The average Bonchev–Trinajstić information content (AvgIpc) is 2.49. The van der Waals surface area contributed by atoms with Crippen LogP contribution in [-0.2, 0) is 6.42 Å². The standard InChI is InChI=1S/C12H15N/c1-9-5-4-6-10-7-11(13(2)3)8-12(9)10/h4-7H,8H2,1-3H3. The second-order valence-corrected chi connectivity index (χ2v) is 3.85. The largest absolute Gasteiger partial charge is 0.381 e. The summed E-state index contributed by atoms with van der Waals surface area (Å²) in [6, 6.07) is 6.51. The Labute approximate surface area is 79.7 Å². The third kappa shape index (κ3) is 1.35. The van der Waals surface area contributed by atoms with Crippen molar-refractivity contribution in [1.82, 2.24) is 4.90 Å². The molecule has 13 heavy (non-hydrogen) atoms. The van der Waals surface area contributed by atoms with Gasteiger partial charge in [-0.3, -0.25) is 0 Å². The molecule has 0 unspecified atom stereocenters. The Bertz CT molecular complexity index is 361. The lowest BCUT2D eigenvalue weighted by Crippen LogP contribution is -2.10. The van der Waals surface area contributed by atoms with E-state index in [1.807, 2.05) is 0 Å². The average molecular weight is 173 g/mol. The molecule has 1 aliphatic rings. The fourth-order valence-electron chi connectivity index (χ4n) is 1.80. The highest BCUT2D eigenvalue weighted by molar-refractivity contribution is 5.64. The summed E-state index contributed by atoms with van der Waals surface area (Å²) in [6.45, 7) is 2.19. The van der Waals surface area contributed by atoms with E-state index >= 15 is 0 Å². The summed E-state index contributed by atoms with van der Waals surface area (Å²) >= 11 is 0. The topological polar surface area (TPSA) is 3.24 Å². The van der Waals surface area contributed by atoms with E-state index in [-0.39, 0.29) is 0 Å². The van der Waals surface area contributed by atoms with Crippen LogP contribution in [0.25, 0.3) is 6.08 Å². The van der Waals surface area contributed by atoms with Gasteiger partial charge in [-0.05, 0) is 29.7 Å². The number of aryl methyl sites for hydroxylation is 1. The molecule has 0 fully saturated rings. The second-order valence-electron chi connectivity index (χ2n) is 3.85. The highest BCUT2D eigenvalue weighted by atomic mass is 15.1. The van der Waals surface area contributed by atoms with Crippen molar-refractivity contribution in [3.63, 3.8) is 0 Å². The van der Waals surface area contributed by atoms with Gasteiger partial charge in [-0.1, -0.05) is 18.2 Å². The smallest absolute Gasteiger partial charge is 0.0178 e. The maximum Gasteiger partial charge on any atom is 0.0178 e. The predicted octanol–water partition coefficient (Wildman–Crippen LogP) is 2.45. The molecule has 1 aromatic carbocycles. The van der Waals surface area contributed by atoms with Gasteiger partial charge in [-0.25, -0.2) is 0 Å². The Kier molecular flexibility index (Phi) is 1.87. The molecule has 68 valence electrons. The van der Waals surface area contributed by atoms with Gasteiger partial charge in [-0.2, -0.15) is 0 Å². The Morgan fingerprint density at radius 2 is 2.00 bits per heavy atom. The van der Waals surface area contributed by atoms with Crippen molar-refractivity contribution < 1.29 is 0 Å². The fourth-order valence-corrected chi connectivity index (χ4v) is 1.80. The fraction of sp³-hybridized carbons (Fsp3) is 0.333. The van der Waals surface area contributed by atoms with Gasteiger partial charge in [0.2, 0.25) is 0 Å². The monoisotopic (exact) mass is 173 g/mol. The summed E-state index contributed by atoms with van der Waals surface area (Å²) in [5.74, 6) is 0. The van der Waals surface area contributed by atoms with Gasteiger partial charge in [0, 0.05) is 26.2 Å². The van der Waals surface area contributed by atoms with Gasteiger partial charge in [0.05, 0.1) is 0 Å². The molecule has 0 N–H and O–H groups in total. The predicted molar refractivity (Wildman–Crippen MR) is 56.5 cm³/mol. The lowest BCUT2D eigenvalue weighted by atomic mass is 10.0. The molecular formula is C12H15N. The van der Waals surface area contributed by atoms with Gasteiger partial charge in [-0.15, -0.1) is 0 Å². The first-order chi connectivity index (χ1) is 6.18. The van der Waals surface area contributed by atoms with Crippen molar-refractivity contribution in [3.8, 4) is 0 Å². The van der Waals surface area contributed by atoms with Crippen molar-refractivity contribution in [2.45, 2.75) is 13.3 Å². The first kappa shape index (κ1) is 8.36. The van der Waals surface area contributed by atoms with Crippen LogP contribution in [0.15, 0.2) is 23.9 Å². The molecule has 0 aliphatic heterocycles. The molecular weight excluding hydrogens is 158 g/mol. The van der Waals surface area contributed by atoms with E-state index in [0.717, 1.165) is 6.42 Å². The van der Waals surface area contributed by atoms with E-state index < -0.39 is 0 Å². The minimum atomic E-state index is 1.09. The van der Waals surface area contributed by atoms with Crippen LogP contribution in [0.3, 0.4) is 0 Å². The molecule has 0 bridgehead atoms. The molecule has 1 nitrogen and oxygen atoms in total. The minimum Gasteiger partial charge on any atom is -0.381 e. The van der Waals surface area contributed by atoms with Crippen LogP contribution in [0.2, 0.25) is 0 Å². The van der Waals surface area contributed by atoms with Crippen LogP contribution in [-0.4, -0.2) is 19.0 Å². The maximum absolute atomic E-state index is 2.28. The van der Waals surface area contributed by atoms with Crippen molar-refractivity contribution in [2.75, 3.05) is 14.1 Å². The molecule has 0 atom stereocenters. The van der Waals surface area contributed by atoms with E-state index in [9.17, 15) is 0 Å². The molecule has 2 rings (SSSR count). The van der Waals surface area contributed by atoms with Gasteiger partial charge < -0.3 is 4.90 Å². The number of nitrogens with zero attached hydrogens (tertiary/aromatic N) is 1. The molecule has 0 saturated carbocycles. The lowest BCUT2D eigenvalue weighted by Gasteiger charge is -2.13. The summed E-state index contributed by atoms with van der Waals surface area (Å²) in [7, 11) is 4.21. The Hall–Kier alpha value is -1.24. The zero-order valence-electron chi connectivity index (χ0n) is 8.46. The number of likely N-dealkylation sites (N-methyl/N-ethyl adjacent to an activating group) is 1.